The molecule has 0 aliphatic carbocycles. The monoisotopic (exact) mass is 366 g/mol. The van der Waals surface area contributed by atoms with E-state index in [0.29, 0.717) is 18.5 Å². The molecule has 2 saturated heterocycles. The third-order valence-electron chi connectivity index (χ3n) is 5.54. The van der Waals surface area contributed by atoms with E-state index in [9.17, 15) is 4.79 Å². The van der Waals surface area contributed by atoms with Gasteiger partial charge in [-0.2, -0.15) is 0 Å². The van der Waals surface area contributed by atoms with E-state index in [4.69, 9.17) is 4.74 Å². The maximum Gasteiger partial charge on any atom is 0.317 e. The van der Waals surface area contributed by atoms with E-state index in [1.54, 1.807) is 7.11 Å². The highest BCUT2D eigenvalue weighted by Crippen LogP contribution is 2.34. The number of hydrazine groups is 1. The molecular formula is C21H26N4O2. The Morgan fingerprint density at radius 1 is 1.19 bits per heavy atom. The molecule has 142 valence electrons. The number of hydrogen-bond donors (Lipinski definition) is 3. The minimum absolute atomic E-state index is 0.00796. The molecule has 6 nitrogen and oxygen atoms in total. The summed E-state index contributed by atoms with van der Waals surface area (Å²) in [6.45, 7) is 2.05. The number of urea groups is 1. The zero-order valence-electron chi connectivity index (χ0n) is 15.5. The van der Waals surface area contributed by atoms with Crippen molar-refractivity contribution in [3.63, 3.8) is 0 Å². The average Bonchev–Trinajstić information content (AvgIpc) is 3.16. The first kappa shape index (κ1) is 17.8. The second-order valence-electron chi connectivity index (χ2n) is 7.19. The largest absolute Gasteiger partial charge is 0.497 e. The van der Waals surface area contributed by atoms with Crippen LogP contribution in [0.2, 0.25) is 0 Å². The molecule has 2 aliphatic rings. The van der Waals surface area contributed by atoms with Crippen LogP contribution < -0.4 is 20.9 Å². The van der Waals surface area contributed by atoms with Gasteiger partial charge in [0.05, 0.1) is 13.2 Å². The summed E-state index contributed by atoms with van der Waals surface area (Å²) in [5.74, 6) is 1.18. The quantitative estimate of drug-likeness (QED) is 0.778. The minimum atomic E-state index is 0.00796. The second kappa shape index (κ2) is 7.98. The van der Waals surface area contributed by atoms with Crippen molar-refractivity contribution in [1.82, 2.24) is 21.1 Å². The molecule has 2 amide bonds. The van der Waals surface area contributed by atoms with Gasteiger partial charge in [-0.05, 0) is 29.7 Å². The van der Waals surface area contributed by atoms with Crippen molar-refractivity contribution in [3.05, 3.63) is 65.7 Å². The van der Waals surface area contributed by atoms with Crippen molar-refractivity contribution >= 4 is 6.03 Å². The van der Waals surface area contributed by atoms with Crippen LogP contribution in [0, 0.1) is 5.92 Å². The van der Waals surface area contributed by atoms with Crippen LogP contribution >= 0.6 is 0 Å². The summed E-state index contributed by atoms with van der Waals surface area (Å²) < 4.78 is 5.36. The lowest BCUT2D eigenvalue weighted by atomic mass is 9.85. The van der Waals surface area contributed by atoms with Crippen LogP contribution in [0.15, 0.2) is 54.6 Å². The molecule has 2 aliphatic heterocycles. The fourth-order valence-corrected chi connectivity index (χ4v) is 4.04. The summed E-state index contributed by atoms with van der Waals surface area (Å²) in [7, 11) is 1.68. The molecule has 27 heavy (non-hydrogen) atoms. The number of likely N-dealkylation sites (tertiary alicyclic amines) is 1. The summed E-state index contributed by atoms with van der Waals surface area (Å²) in [4.78, 5) is 14.6. The highest BCUT2D eigenvalue weighted by Gasteiger charge is 2.41. The third-order valence-corrected chi connectivity index (χ3v) is 5.54. The van der Waals surface area contributed by atoms with E-state index in [1.807, 2.05) is 47.4 Å². The first-order valence-corrected chi connectivity index (χ1v) is 9.46. The van der Waals surface area contributed by atoms with Gasteiger partial charge in [-0.3, -0.25) is 5.43 Å². The number of carbonyl (C=O) groups excluding carboxylic acids is 1. The van der Waals surface area contributed by atoms with Gasteiger partial charge in [0.1, 0.15) is 5.75 Å². The summed E-state index contributed by atoms with van der Waals surface area (Å²) in [6, 6.07) is 18.7. The van der Waals surface area contributed by atoms with Crippen LogP contribution in [0.3, 0.4) is 0 Å². The summed E-state index contributed by atoms with van der Waals surface area (Å²) in [5.41, 5.74) is 9.12. The second-order valence-corrected chi connectivity index (χ2v) is 7.19. The normalized spacial score (nSPS) is 24.3. The van der Waals surface area contributed by atoms with E-state index < -0.39 is 0 Å². The zero-order valence-corrected chi connectivity index (χ0v) is 15.5. The van der Waals surface area contributed by atoms with Gasteiger partial charge in [0, 0.05) is 31.6 Å². The van der Waals surface area contributed by atoms with E-state index >= 15 is 0 Å². The molecule has 0 spiro atoms. The molecule has 2 aromatic carbocycles. The fourth-order valence-electron chi connectivity index (χ4n) is 4.04. The van der Waals surface area contributed by atoms with Gasteiger partial charge >= 0.3 is 6.03 Å². The number of benzene rings is 2. The predicted molar refractivity (Wildman–Crippen MR) is 104 cm³/mol. The van der Waals surface area contributed by atoms with E-state index in [-0.39, 0.29) is 12.1 Å². The maximum absolute atomic E-state index is 12.7. The number of hydrogen-bond acceptors (Lipinski definition) is 4. The van der Waals surface area contributed by atoms with Crippen LogP contribution in [0.1, 0.15) is 23.6 Å². The standard InChI is InChI=1S/C21H26N4O2/c1-27-17-9-5-8-16(12-17)20-18-14-25(11-10-19(18)23-24-20)21(26)22-13-15-6-3-2-4-7-15/h2-9,12,18-20,23-24H,10-11,13-14H2,1H3,(H,22,26). The SMILES string of the molecule is COc1cccc(C2NNC3CCN(C(=O)NCc4ccccc4)CC32)c1. The molecule has 2 heterocycles. The van der Waals surface area contributed by atoms with Crippen LogP contribution in [0.5, 0.6) is 5.75 Å². The molecule has 0 radical (unpaired) electrons. The van der Waals surface area contributed by atoms with Gasteiger partial charge < -0.3 is 15.0 Å². The van der Waals surface area contributed by atoms with Gasteiger partial charge in [-0.15, -0.1) is 0 Å². The van der Waals surface area contributed by atoms with E-state index in [1.165, 1.54) is 5.56 Å². The molecule has 0 aromatic heterocycles. The number of nitrogens with zero attached hydrogens (tertiary/aromatic N) is 1. The number of amides is 2. The lowest BCUT2D eigenvalue weighted by molar-refractivity contribution is 0.154. The van der Waals surface area contributed by atoms with Crippen molar-refractivity contribution in [2.75, 3.05) is 20.2 Å². The van der Waals surface area contributed by atoms with E-state index in [2.05, 4.69) is 28.3 Å². The number of piperidine rings is 1. The van der Waals surface area contributed by atoms with Crippen LogP contribution in [0.4, 0.5) is 4.79 Å². The predicted octanol–water partition coefficient (Wildman–Crippen LogP) is 2.44. The Morgan fingerprint density at radius 2 is 2.04 bits per heavy atom. The molecule has 2 aromatic rings. The van der Waals surface area contributed by atoms with Crippen molar-refractivity contribution < 1.29 is 9.53 Å². The summed E-state index contributed by atoms with van der Waals surface area (Å²) >= 11 is 0. The molecule has 0 bridgehead atoms. The van der Waals surface area contributed by atoms with E-state index in [0.717, 1.165) is 30.8 Å². The van der Waals surface area contributed by atoms with Crippen molar-refractivity contribution in [3.8, 4) is 5.75 Å². The van der Waals surface area contributed by atoms with Crippen LogP contribution in [-0.2, 0) is 6.54 Å². The van der Waals surface area contributed by atoms with Gasteiger partial charge in [-0.25, -0.2) is 10.2 Å². The topological polar surface area (TPSA) is 65.6 Å². The Hall–Kier alpha value is -2.57. The Balaban J connectivity index is 1.40. The molecule has 3 N–H and O–H groups in total. The molecule has 3 atom stereocenters. The molecule has 6 heteroatoms. The molecule has 4 rings (SSSR count). The Morgan fingerprint density at radius 3 is 2.85 bits per heavy atom. The highest BCUT2D eigenvalue weighted by molar-refractivity contribution is 5.74. The lowest BCUT2D eigenvalue weighted by Crippen LogP contribution is -2.50. The van der Waals surface area contributed by atoms with Gasteiger partial charge in [0.25, 0.3) is 0 Å². The number of nitrogens with one attached hydrogen (secondary N) is 3. The fraction of sp³-hybridized carbons (Fsp3) is 0.381. The number of carbonyl (C=O) groups is 1. The molecule has 0 saturated carbocycles. The maximum atomic E-state index is 12.7. The smallest absolute Gasteiger partial charge is 0.317 e. The van der Waals surface area contributed by atoms with Crippen molar-refractivity contribution in [2.24, 2.45) is 5.92 Å². The Bertz CT molecular complexity index is 783. The van der Waals surface area contributed by atoms with Crippen molar-refractivity contribution in [1.29, 1.82) is 0 Å². The first-order valence-electron chi connectivity index (χ1n) is 9.46. The first-order chi connectivity index (χ1) is 13.2. The van der Waals surface area contributed by atoms with Gasteiger partial charge in [0.2, 0.25) is 0 Å². The number of fused-ring (bicyclic) bond motifs is 1. The summed E-state index contributed by atoms with van der Waals surface area (Å²) in [5, 5.41) is 3.05. The van der Waals surface area contributed by atoms with Crippen molar-refractivity contribution in [2.45, 2.75) is 25.0 Å². The molecule has 2 fully saturated rings. The van der Waals surface area contributed by atoms with Crippen LogP contribution in [-0.4, -0.2) is 37.2 Å². The number of methoxy groups -OCH3 is 1. The minimum Gasteiger partial charge on any atom is -0.497 e. The summed E-state index contributed by atoms with van der Waals surface area (Å²) in [6.07, 6.45) is 0.941. The van der Waals surface area contributed by atoms with Gasteiger partial charge in [0.15, 0.2) is 0 Å². The Kier molecular flexibility index (Phi) is 5.27. The number of ether oxygens (including phenoxy) is 1. The highest BCUT2D eigenvalue weighted by atomic mass is 16.5. The van der Waals surface area contributed by atoms with Crippen LogP contribution in [0.25, 0.3) is 0 Å². The third kappa shape index (κ3) is 3.91. The Labute approximate surface area is 159 Å². The molecular weight excluding hydrogens is 340 g/mol. The zero-order chi connectivity index (χ0) is 18.6. The number of rotatable bonds is 4. The lowest BCUT2D eigenvalue weighted by Gasteiger charge is -2.36. The average molecular weight is 366 g/mol. The van der Waals surface area contributed by atoms with Gasteiger partial charge in [-0.1, -0.05) is 42.5 Å². The molecule has 3 unspecified atom stereocenters.